The Balaban J connectivity index is 3.01. The van der Waals surface area contributed by atoms with Gasteiger partial charge in [0, 0.05) is 12.6 Å². The highest BCUT2D eigenvalue weighted by Gasteiger charge is 2.04. The van der Waals surface area contributed by atoms with E-state index in [1.54, 1.807) is 12.1 Å². The van der Waals surface area contributed by atoms with Crippen LogP contribution in [0.5, 0.6) is 5.75 Å². The maximum Gasteiger partial charge on any atom is 0.221 e. The van der Waals surface area contributed by atoms with Crippen LogP contribution < -0.4 is 10.1 Å². The fraction of sp³-hybridized carbons (Fsp3) is 0.222. The number of carbonyl (C=O) groups is 1. The van der Waals surface area contributed by atoms with Crippen LogP contribution in [0.2, 0.25) is 0 Å². The van der Waals surface area contributed by atoms with Crippen LogP contribution in [0.4, 0.5) is 11.4 Å². The minimum Gasteiger partial charge on any atom is -0.494 e. The van der Waals surface area contributed by atoms with Crippen LogP contribution in [0, 0.1) is 4.91 Å². The molecule has 1 N–H and O–H groups in total. The molecule has 5 heteroatoms. The van der Waals surface area contributed by atoms with E-state index in [0.29, 0.717) is 11.4 Å². The number of nitrogens with zero attached hydrogens (tertiary/aromatic N) is 1. The quantitative estimate of drug-likeness (QED) is 0.748. The first-order valence-electron chi connectivity index (χ1n) is 3.96. The second-order valence-electron chi connectivity index (χ2n) is 2.66. The van der Waals surface area contributed by atoms with Gasteiger partial charge in [-0.25, -0.2) is 0 Å². The first kappa shape index (κ1) is 10.2. The zero-order valence-electron chi connectivity index (χ0n) is 7.90. The third-order valence-electron chi connectivity index (χ3n) is 1.60. The van der Waals surface area contributed by atoms with E-state index >= 15 is 0 Å². The number of benzene rings is 1. The molecular formula is C9H10N2O3. The van der Waals surface area contributed by atoms with Crippen molar-refractivity contribution in [3.63, 3.8) is 0 Å². The molecule has 0 fully saturated rings. The normalized spacial score (nSPS) is 9.29. The number of hydrogen-bond acceptors (Lipinski definition) is 4. The zero-order chi connectivity index (χ0) is 10.6. The summed E-state index contributed by atoms with van der Waals surface area (Å²) in [4.78, 5) is 21.1. The van der Waals surface area contributed by atoms with Gasteiger partial charge in [-0.05, 0) is 23.4 Å². The lowest BCUT2D eigenvalue weighted by atomic mass is 10.2. The van der Waals surface area contributed by atoms with Gasteiger partial charge in [-0.15, -0.1) is 4.91 Å². The summed E-state index contributed by atoms with van der Waals surface area (Å²) in [5.74, 6) is 0.182. The molecule has 5 nitrogen and oxygen atoms in total. The average molecular weight is 194 g/mol. The van der Waals surface area contributed by atoms with Gasteiger partial charge < -0.3 is 10.1 Å². The molecule has 1 aromatic rings. The van der Waals surface area contributed by atoms with Crippen molar-refractivity contribution in [1.29, 1.82) is 0 Å². The van der Waals surface area contributed by atoms with E-state index in [1.807, 2.05) is 0 Å². The van der Waals surface area contributed by atoms with Gasteiger partial charge in [-0.1, -0.05) is 0 Å². The molecule has 1 rings (SSSR count). The van der Waals surface area contributed by atoms with Gasteiger partial charge in [0.2, 0.25) is 5.91 Å². The summed E-state index contributed by atoms with van der Waals surface area (Å²) < 4.78 is 4.89. The predicted octanol–water partition coefficient (Wildman–Crippen LogP) is 2.05. The number of rotatable bonds is 3. The van der Waals surface area contributed by atoms with Gasteiger partial charge in [-0.3, -0.25) is 4.79 Å². The van der Waals surface area contributed by atoms with E-state index in [9.17, 15) is 9.70 Å². The van der Waals surface area contributed by atoms with Crippen LogP contribution in [0.15, 0.2) is 23.4 Å². The Morgan fingerprint density at radius 3 is 2.71 bits per heavy atom. The highest BCUT2D eigenvalue weighted by Crippen LogP contribution is 2.29. The summed E-state index contributed by atoms with van der Waals surface area (Å²) in [7, 11) is 1.45. The van der Waals surface area contributed by atoms with Gasteiger partial charge in [0.25, 0.3) is 0 Å². The Bertz CT molecular complexity index is 363. The van der Waals surface area contributed by atoms with Gasteiger partial charge in [0.15, 0.2) is 5.69 Å². The molecule has 0 unspecified atom stereocenters. The molecule has 0 heterocycles. The van der Waals surface area contributed by atoms with Crippen molar-refractivity contribution in [3.05, 3.63) is 23.1 Å². The third kappa shape index (κ3) is 2.29. The van der Waals surface area contributed by atoms with Crippen molar-refractivity contribution in [3.8, 4) is 5.75 Å². The second kappa shape index (κ2) is 4.36. The third-order valence-corrected chi connectivity index (χ3v) is 1.60. The number of nitroso groups, excluding NO2 is 1. The Morgan fingerprint density at radius 2 is 2.21 bits per heavy atom. The van der Waals surface area contributed by atoms with Crippen molar-refractivity contribution in [2.45, 2.75) is 6.92 Å². The molecule has 0 aliphatic heterocycles. The lowest BCUT2D eigenvalue weighted by molar-refractivity contribution is -0.114. The second-order valence-corrected chi connectivity index (χ2v) is 2.66. The molecule has 0 saturated carbocycles. The first-order chi connectivity index (χ1) is 6.67. The van der Waals surface area contributed by atoms with Crippen LogP contribution in [-0.4, -0.2) is 13.0 Å². The fourth-order valence-corrected chi connectivity index (χ4v) is 1.04. The van der Waals surface area contributed by atoms with E-state index < -0.39 is 0 Å². The largest absolute Gasteiger partial charge is 0.494 e. The van der Waals surface area contributed by atoms with E-state index in [1.165, 1.54) is 20.1 Å². The molecule has 0 bridgehead atoms. The zero-order valence-corrected chi connectivity index (χ0v) is 7.90. The number of hydrogen-bond donors (Lipinski definition) is 1. The molecule has 74 valence electrons. The van der Waals surface area contributed by atoms with Crippen LogP contribution in [-0.2, 0) is 4.79 Å². The lowest BCUT2D eigenvalue weighted by Gasteiger charge is -2.05. The standard InChI is InChI=1S/C9H10N2O3/c1-6(12)10-7-3-4-9(14-2)8(5-7)11-13/h3-5H,1-2H3,(H,10,12). The summed E-state index contributed by atoms with van der Waals surface area (Å²) in [6.07, 6.45) is 0. The van der Waals surface area contributed by atoms with Crippen molar-refractivity contribution < 1.29 is 9.53 Å². The monoisotopic (exact) mass is 194 g/mol. The van der Waals surface area contributed by atoms with Crippen LogP contribution in [0.1, 0.15) is 6.92 Å². The highest BCUT2D eigenvalue weighted by atomic mass is 16.5. The summed E-state index contributed by atoms with van der Waals surface area (Å²) in [6, 6.07) is 4.66. The van der Waals surface area contributed by atoms with Gasteiger partial charge in [-0.2, -0.15) is 0 Å². The van der Waals surface area contributed by atoms with Gasteiger partial charge in [0.05, 0.1) is 7.11 Å². The highest BCUT2D eigenvalue weighted by molar-refractivity contribution is 5.89. The van der Waals surface area contributed by atoms with Crippen molar-refractivity contribution in [2.75, 3.05) is 12.4 Å². The van der Waals surface area contributed by atoms with Crippen molar-refractivity contribution in [1.82, 2.24) is 0 Å². The molecule has 0 aliphatic rings. The minimum absolute atomic E-state index is 0.166. The molecule has 0 spiro atoms. The molecule has 1 amide bonds. The van der Waals surface area contributed by atoms with E-state index in [2.05, 4.69) is 10.5 Å². The summed E-state index contributed by atoms with van der Waals surface area (Å²) in [5.41, 5.74) is 0.687. The molecule has 1 aromatic carbocycles. The molecular weight excluding hydrogens is 184 g/mol. The van der Waals surface area contributed by atoms with E-state index in [0.717, 1.165) is 0 Å². The van der Waals surface area contributed by atoms with Gasteiger partial charge >= 0.3 is 0 Å². The summed E-state index contributed by atoms with van der Waals surface area (Å²) in [6.45, 7) is 1.39. The molecule has 0 saturated heterocycles. The Hall–Kier alpha value is -1.91. The molecule has 0 aliphatic carbocycles. The van der Waals surface area contributed by atoms with Crippen molar-refractivity contribution >= 4 is 17.3 Å². The van der Waals surface area contributed by atoms with E-state index in [-0.39, 0.29) is 11.6 Å². The SMILES string of the molecule is COc1ccc(NC(C)=O)cc1N=O. The smallest absolute Gasteiger partial charge is 0.221 e. The predicted molar refractivity (Wildman–Crippen MR) is 52.8 cm³/mol. The van der Waals surface area contributed by atoms with Gasteiger partial charge in [0.1, 0.15) is 5.75 Å². The first-order valence-corrected chi connectivity index (χ1v) is 3.96. The van der Waals surface area contributed by atoms with E-state index in [4.69, 9.17) is 4.74 Å². The fourth-order valence-electron chi connectivity index (χ4n) is 1.04. The molecule has 0 atom stereocenters. The number of nitrogens with one attached hydrogen (secondary N) is 1. The Kier molecular flexibility index (Phi) is 3.17. The molecule has 0 radical (unpaired) electrons. The number of ether oxygens (including phenoxy) is 1. The topological polar surface area (TPSA) is 67.8 Å². The number of carbonyl (C=O) groups excluding carboxylic acids is 1. The number of methoxy groups -OCH3 is 1. The summed E-state index contributed by atoms with van der Waals surface area (Å²) in [5, 5.41) is 5.32. The minimum atomic E-state index is -0.202. The molecule has 14 heavy (non-hydrogen) atoms. The number of amides is 1. The Morgan fingerprint density at radius 1 is 1.50 bits per heavy atom. The lowest BCUT2D eigenvalue weighted by Crippen LogP contribution is -2.05. The summed E-state index contributed by atoms with van der Waals surface area (Å²) >= 11 is 0. The maximum absolute atomic E-state index is 10.7. The number of anilines is 1. The van der Waals surface area contributed by atoms with Crippen LogP contribution in [0.25, 0.3) is 0 Å². The maximum atomic E-state index is 10.7. The van der Waals surface area contributed by atoms with Crippen LogP contribution >= 0.6 is 0 Å². The Labute approximate surface area is 81.0 Å². The van der Waals surface area contributed by atoms with Crippen LogP contribution in [0.3, 0.4) is 0 Å². The average Bonchev–Trinajstić information content (AvgIpc) is 2.16. The molecule has 0 aromatic heterocycles. The van der Waals surface area contributed by atoms with Crippen molar-refractivity contribution in [2.24, 2.45) is 5.18 Å².